The number of unbranched alkanes of at least 4 members (excludes halogenated alkanes) is 1. The summed E-state index contributed by atoms with van der Waals surface area (Å²) in [5.74, 6) is -8.20. The van der Waals surface area contributed by atoms with Crippen molar-refractivity contribution >= 4 is 75.1 Å². The summed E-state index contributed by atoms with van der Waals surface area (Å²) in [5.41, 5.74) is 20.2. The Balaban J connectivity index is 0.000000291. The Kier molecular flexibility index (Phi) is 46.5. The Labute approximate surface area is 772 Å². The number of anilines is 2. The van der Waals surface area contributed by atoms with Gasteiger partial charge in [-0.05, 0) is 161 Å². The Morgan fingerprint density at radius 3 is 2.05 bits per heavy atom. The monoisotopic (exact) mass is 1830 g/mol. The number of ketones is 3. The van der Waals surface area contributed by atoms with Gasteiger partial charge in [0.25, 0.3) is 17.7 Å². The van der Waals surface area contributed by atoms with Crippen LogP contribution in [0.3, 0.4) is 0 Å². The Bertz CT molecular complexity index is 4490. The van der Waals surface area contributed by atoms with E-state index in [2.05, 4.69) is 40.1 Å². The summed E-state index contributed by atoms with van der Waals surface area (Å²) in [4.78, 5) is 114. The predicted octanol–water partition coefficient (Wildman–Crippen LogP) is 11.8. The maximum atomic E-state index is 14.5. The number of amides is 2. The minimum Gasteiger partial charge on any atom is -0.460 e. The number of aliphatic hydroxyl groups excluding tert-OH is 1. The first-order chi connectivity index (χ1) is 63.1. The van der Waals surface area contributed by atoms with Gasteiger partial charge in [0.1, 0.15) is 41.3 Å². The fourth-order valence-electron chi connectivity index (χ4n) is 17.1. The summed E-state index contributed by atoms with van der Waals surface area (Å²) in [5, 5.41) is 28.1. The zero-order valence-corrected chi connectivity index (χ0v) is 79.7. The summed E-state index contributed by atoms with van der Waals surface area (Å²) < 4.78 is 84.9. The van der Waals surface area contributed by atoms with Crippen LogP contribution < -0.4 is 11.5 Å². The van der Waals surface area contributed by atoms with Crippen molar-refractivity contribution < 1.29 is 115 Å². The molecule has 1 aliphatic carbocycles. The summed E-state index contributed by atoms with van der Waals surface area (Å²) >= 11 is 0. The van der Waals surface area contributed by atoms with Crippen LogP contribution in [-0.2, 0) is 119 Å². The molecular weight excluding hydrogens is 1690 g/mol. The van der Waals surface area contributed by atoms with Gasteiger partial charge in [-0.2, -0.15) is 10.1 Å². The SMILES string of the molecule is CCCCC(=O)O[C@@H]1/C(C)=C/[C@@H](C)C(=O)C[C@@H]([C@H](C)C[C@@H]2CC[C@@H](O)[C@H](OC)C2)OC(=O)[C@@H]2CCCCN2C(=O)C(=O)[C@]2(O)O[C@@H](CC[C@H]2C)C[C@H](OC)/C(C)=C/C=C/C=C/[C@@H](C)C[C@@H](C)C(=O)[C@@H]1OC.CCCOCCOCCOCCOCCOCCOC.COCCOCCC(=O)N1CCc2cc(Cn3nc(-c4ccc5oc(N)nc5c4)c4c(N)ncnc43)ccc2C1. The standard InChI is InChI=1S/C56H87NO14.C28H30N8O4.C14H30O6/c1-12-13-22-49(60)70-51-39(7)29-36(4)45(59)33-47(37(5)30-41-24-26-44(58)48(31-41)67-10)69-55(64)43-21-17-18-27-57(43)54(63)53(62)56(65)40(8)23-25-42(71-56)32-46(66-9)35(3)20-16-14-15-19-34(2)28-38(6)50(61)52(51)68-11;1-38-10-11-39-9-7-23(37)35-8-6-18-12-17(2-3-20(18)15-35)14-36-27-24(26(29)31-16-32-27)25(34-36)19-4-5-22-21(13-19)33-28(30)40-22;1-3-4-16-7-8-18-11-12-20-14-13-19-10-9-17-6-5-15-2/h14-16,19-20,29,34,36-38,40-44,46-48,51-52,58,65H,12-13,17-18,21-28,30-33H2,1-11H3;2-5,12-13,16H,6-11,14-15H2,1H3,(H2,30,33)(H2,29,31,32);3-14H2,1-2H3/b16-14+,19-15+,35-20+,39-29+;;/t34-,36-,37-,38-,40-,41+,42+,43+,44-,46+,47+,48-,51-,52+,56-;;/m1../s1. The first kappa shape index (κ1) is 108. The highest BCUT2D eigenvalue weighted by Crippen LogP contribution is 2.40. The molecule has 4 aliphatic heterocycles. The molecule has 0 radical (unpaired) electrons. The van der Waals surface area contributed by atoms with E-state index in [0.29, 0.717) is 222 Å². The first-order valence-corrected chi connectivity index (χ1v) is 46.7. The lowest BCUT2D eigenvalue weighted by molar-refractivity contribution is -0.265. The van der Waals surface area contributed by atoms with Gasteiger partial charge in [-0.15, -0.1) is 0 Å². The van der Waals surface area contributed by atoms with Crippen molar-refractivity contribution in [3.05, 3.63) is 107 Å². The third-order valence-electron chi connectivity index (χ3n) is 24.8. The van der Waals surface area contributed by atoms with Gasteiger partial charge < -0.3 is 102 Å². The number of nitrogens with zero attached hydrogens (tertiary/aromatic N) is 7. The number of cyclic esters (lactones) is 1. The van der Waals surface area contributed by atoms with Crippen molar-refractivity contribution in [2.24, 2.45) is 35.5 Å². The summed E-state index contributed by atoms with van der Waals surface area (Å²) in [6, 6.07) is 10.9. The van der Waals surface area contributed by atoms with Crippen LogP contribution in [0.1, 0.15) is 188 Å². The van der Waals surface area contributed by atoms with Gasteiger partial charge in [0.05, 0.1) is 129 Å². The molecule has 728 valence electrons. The number of allylic oxidation sites excluding steroid dienone is 6. The number of nitrogen functional groups attached to an aromatic ring is 2. The molecule has 33 heteroatoms. The van der Waals surface area contributed by atoms with Crippen molar-refractivity contribution in [2.75, 3.05) is 153 Å². The molecule has 7 heterocycles. The number of aromatic nitrogens is 5. The normalized spacial score (nSPS) is 26.3. The van der Waals surface area contributed by atoms with Crippen LogP contribution in [0.4, 0.5) is 11.8 Å². The number of fused-ring (bicyclic) bond motifs is 6. The predicted molar refractivity (Wildman–Crippen MR) is 494 cm³/mol. The van der Waals surface area contributed by atoms with E-state index in [9.17, 15) is 43.8 Å². The number of hydrogen-bond acceptors (Lipinski definition) is 30. The van der Waals surface area contributed by atoms with Crippen molar-refractivity contribution in [1.82, 2.24) is 34.5 Å². The Hall–Kier alpha value is -8.65. The van der Waals surface area contributed by atoms with Gasteiger partial charge in [-0.1, -0.05) is 110 Å². The van der Waals surface area contributed by atoms with Crippen molar-refractivity contribution in [3.8, 4) is 11.3 Å². The lowest BCUT2D eigenvalue weighted by Gasteiger charge is -2.42. The number of oxazole rings is 1. The molecule has 0 spiro atoms. The van der Waals surface area contributed by atoms with Gasteiger partial charge in [-0.3, -0.25) is 28.8 Å². The maximum Gasteiger partial charge on any atom is 0.329 e. The van der Waals surface area contributed by atoms with Gasteiger partial charge >= 0.3 is 11.9 Å². The van der Waals surface area contributed by atoms with Crippen LogP contribution in [-0.4, -0.2) is 282 Å². The molecule has 2 amide bonds. The second kappa shape index (κ2) is 56.5. The van der Waals surface area contributed by atoms with Crippen LogP contribution in [0.5, 0.6) is 0 Å². The quantitative estimate of drug-likeness (QED) is 0.0125. The van der Waals surface area contributed by atoms with Crippen LogP contribution in [0.15, 0.2) is 94.7 Å². The third kappa shape index (κ3) is 33.1. The van der Waals surface area contributed by atoms with Gasteiger partial charge in [-0.25, -0.2) is 19.4 Å². The molecule has 5 aromatic rings. The molecule has 15 atom stereocenters. The number of hydrogen-bond donors (Lipinski definition) is 4. The summed E-state index contributed by atoms with van der Waals surface area (Å²) in [6.07, 6.45) is 16.4. The minimum absolute atomic E-state index is 0.0146. The molecule has 1 saturated carbocycles. The van der Waals surface area contributed by atoms with Crippen molar-refractivity contribution in [1.29, 1.82) is 0 Å². The van der Waals surface area contributed by atoms with Gasteiger partial charge in [0.15, 0.2) is 29.2 Å². The van der Waals surface area contributed by atoms with Crippen molar-refractivity contribution in [3.63, 3.8) is 0 Å². The molecule has 2 aromatic carbocycles. The number of ether oxygens (including phenoxy) is 14. The zero-order valence-electron chi connectivity index (χ0n) is 79.7. The zero-order chi connectivity index (χ0) is 94.9. The van der Waals surface area contributed by atoms with E-state index in [-0.39, 0.29) is 73.2 Å². The molecule has 0 unspecified atom stereocenters. The fourth-order valence-corrected chi connectivity index (χ4v) is 17.1. The molecular formula is C98H147N9O24. The fraction of sp³-hybridized carbons (Fsp3) is 0.663. The van der Waals surface area contributed by atoms with E-state index in [0.717, 1.165) is 48.1 Å². The van der Waals surface area contributed by atoms with E-state index in [1.165, 1.54) is 23.9 Å². The molecule has 33 nitrogen and oxygen atoms in total. The number of aliphatic hydroxyl groups is 2. The van der Waals surface area contributed by atoms with Crippen LogP contribution in [0.2, 0.25) is 0 Å². The van der Waals surface area contributed by atoms with E-state index >= 15 is 0 Å². The summed E-state index contributed by atoms with van der Waals surface area (Å²) in [7, 11) is 7.83. The first-order valence-electron chi connectivity index (χ1n) is 46.7. The van der Waals surface area contributed by atoms with Crippen LogP contribution >= 0.6 is 0 Å². The van der Waals surface area contributed by atoms with Crippen LogP contribution in [0.25, 0.3) is 33.4 Å². The second-order valence-electron chi connectivity index (χ2n) is 34.9. The van der Waals surface area contributed by atoms with E-state index in [4.69, 9.17) is 87.3 Å². The molecule has 3 aromatic heterocycles. The number of rotatable bonds is 36. The largest absolute Gasteiger partial charge is 0.460 e. The topological polar surface area (TPSA) is 417 Å². The average Bonchev–Trinajstić information content (AvgIpc) is 1.68. The Morgan fingerprint density at radius 1 is 0.695 bits per heavy atom. The number of piperidine rings is 1. The lowest BCUT2D eigenvalue weighted by atomic mass is 9.78. The number of Topliss-reactive ketones (excluding diaryl/α,β-unsaturated/α-hetero) is 3. The molecule has 10 rings (SSSR count). The molecule has 131 heavy (non-hydrogen) atoms. The van der Waals surface area contributed by atoms with E-state index < -0.39 is 89.8 Å². The number of methoxy groups -OCH3 is 5. The highest BCUT2D eigenvalue weighted by molar-refractivity contribution is 6.39. The molecule has 3 fully saturated rings. The molecule has 2 saturated heterocycles. The van der Waals surface area contributed by atoms with Gasteiger partial charge in [0, 0.05) is 104 Å². The van der Waals surface area contributed by atoms with Gasteiger partial charge in [0.2, 0.25) is 11.7 Å². The Morgan fingerprint density at radius 2 is 1.38 bits per heavy atom. The number of nitrogens with two attached hydrogens (primary N) is 2. The number of carbonyl (C=O) groups is 7. The highest BCUT2D eigenvalue weighted by Gasteiger charge is 2.53. The second-order valence-corrected chi connectivity index (χ2v) is 34.9. The smallest absolute Gasteiger partial charge is 0.329 e. The molecule has 6 N–H and O–H groups in total. The summed E-state index contributed by atoms with van der Waals surface area (Å²) in [6.45, 7) is 26.9. The van der Waals surface area contributed by atoms with E-state index in [1.807, 2.05) is 92.8 Å². The third-order valence-corrected chi connectivity index (χ3v) is 24.8. The maximum absolute atomic E-state index is 14.5. The number of esters is 2. The van der Waals surface area contributed by atoms with Crippen molar-refractivity contribution in [2.45, 2.75) is 246 Å². The minimum atomic E-state index is -2.44. The average molecular weight is 1840 g/mol. The highest BCUT2D eigenvalue weighted by atomic mass is 16.6. The van der Waals surface area contributed by atoms with Crippen LogP contribution in [0, 0.1) is 35.5 Å². The lowest BCUT2D eigenvalue weighted by Crippen LogP contribution is -2.61. The molecule has 5 aliphatic rings. The molecule has 2 bridgehead atoms. The van der Waals surface area contributed by atoms with E-state index in [1.54, 1.807) is 55.3 Å². The number of carbonyl (C=O) groups excluding carboxylic acids is 7. The number of benzene rings is 2.